The summed E-state index contributed by atoms with van der Waals surface area (Å²) < 4.78 is 0. The first kappa shape index (κ1) is 14.3. The van der Waals surface area contributed by atoms with E-state index >= 15 is 0 Å². The lowest BCUT2D eigenvalue weighted by Crippen LogP contribution is -2.41. The summed E-state index contributed by atoms with van der Waals surface area (Å²) in [5, 5.41) is 3.77. The van der Waals surface area contributed by atoms with Crippen molar-refractivity contribution in [3.05, 3.63) is 70.8 Å². The third-order valence-electron chi connectivity index (χ3n) is 4.68. The van der Waals surface area contributed by atoms with Gasteiger partial charge in [0.15, 0.2) is 0 Å². The van der Waals surface area contributed by atoms with Crippen LogP contribution in [-0.4, -0.2) is 6.04 Å². The highest BCUT2D eigenvalue weighted by Crippen LogP contribution is 2.38. The minimum absolute atomic E-state index is 0.438. The van der Waals surface area contributed by atoms with E-state index in [0.717, 1.165) is 5.92 Å². The van der Waals surface area contributed by atoms with Gasteiger partial charge in [-0.25, -0.2) is 0 Å². The van der Waals surface area contributed by atoms with Crippen LogP contribution in [0.3, 0.4) is 0 Å². The molecule has 1 nitrogen and oxygen atoms in total. The first-order valence-electron chi connectivity index (χ1n) is 8.01. The zero-order chi connectivity index (χ0) is 14.8. The molecule has 0 saturated heterocycles. The maximum atomic E-state index is 3.77. The van der Waals surface area contributed by atoms with Gasteiger partial charge in [-0.3, -0.25) is 0 Å². The predicted molar refractivity (Wildman–Crippen MR) is 89.7 cm³/mol. The van der Waals surface area contributed by atoms with E-state index in [1.165, 1.54) is 35.1 Å². The Labute approximate surface area is 128 Å². The topological polar surface area (TPSA) is 12.0 Å². The smallest absolute Gasteiger partial charge is 0.0294 e. The minimum Gasteiger partial charge on any atom is -0.307 e. The zero-order valence-electron chi connectivity index (χ0n) is 13.3. The first-order chi connectivity index (χ1) is 10.1. The normalized spacial score (nSPS) is 22.6. The Hall–Kier alpha value is -1.60. The molecule has 0 aliphatic heterocycles. The van der Waals surface area contributed by atoms with Crippen LogP contribution in [0.1, 0.15) is 54.0 Å². The van der Waals surface area contributed by atoms with Crippen molar-refractivity contribution in [1.82, 2.24) is 5.32 Å². The maximum Gasteiger partial charge on any atom is 0.0294 e. The van der Waals surface area contributed by atoms with Crippen LogP contribution in [0.2, 0.25) is 0 Å². The molecule has 3 rings (SSSR count). The van der Waals surface area contributed by atoms with Crippen LogP contribution in [-0.2, 0) is 0 Å². The molecule has 2 aromatic carbocycles. The molecule has 1 aliphatic rings. The van der Waals surface area contributed by atoms with Gasteiger partial charge in [0.2, 0.25) is 0 Å². The molecule has 1 saturated carbocycles. The van der Waals surface area contributed by atoms with E-state index in [-0.39, 0.29) is 0 Å². The van der Waals surface area contributed by atoms with Gasteiger partial charge in [-0.2, -0.15) is 0 Å². The Morgan fingerprint density at radius 2 is 1.62 bits per heavy atom. The molecule has 1 atom stereocenters. The largest absolute Gasteiger partial charge is 0.307 e. The number of hydrogen-bond donors (Lipinski definition) is 1. The quantitative estimate of drug-likeness (QED) is 0.839. The van der Waals surface area contributed by atoms with Crippen LogP contribution in [0.25, 0.3) is 0 Å². The highest BCUT2D eigenvalue weighted by atomic mass is 15.0. The molecule has 2 aromatic rings. The number of hydrogen-bond acceptors (Lipinski definition) is 1. The molecule has 0 aromatic heterocycles. The van der Waals surface area contributed by atoms with Crippen molar-refractivity contribution in [2.24, 2.45) is 0 Å². The van der Waals surface area contributed by atoms with Gasteiger partial charge in [-0.1, -0.05) is 59.7 Å². The summed E-state index contributed by atoms with van der Waals surface area (Å²) in [5.74, 6) is 0.743. The molecule has 0 radical (unpaired) electrons. The average Bonchev–Trinajstić information content (AvgIpc) is 2.42. The van der Waals surface area contributed by atoms with E-state index in [0.29, 0.717) is 12.1 Å². The highest BCUT2D eigenvalue weighted by Gasteiger charge is 2.31. The average molecular weight is 279 g/mol. The lowest BCUT2D eigenvalue weighted by atomic mass is 9.75. The van der Waals surface area contributed by atoms with Crippen molar-refractivity contribution < 1.29 is 0 Å². The van der Waals surface area contributed by atoms with Crippen molar-refractivity contribution in [2.75, 3.05) is 0 Å². The SMILES string of the molecule is Cc1cccc(C2CC(N[C@H](C)c3cccc(C)c3)C2)c1. The minimum atomic E-state index is 0.438. The summed E-state index contributed by atoms with van der Waals surface area (Å²) in [6.07, 6.45) is 2.53. The molecule has 0 spiro atoms. The van der Waals surface area contributed by atoms with Crippen LogP contribution >= 0.6 is 0 Å². The van der Waals surface area contributed by atoms with E-state index in [2.05, 4.69) is 74.6 Å². The fraction of sp³-hybridized carbons (Fsp3) is 0.400. The summed E-state index contributed by atoms with van der Waals surface area (Å²) in [5.41, 5.74) is 5.62. The number of aryl methyl sites for hydroxylation is 2. The van der Waals surface area contributed by atoms with Crippen molar-refractivity contribution in [2.45, 2.75) is 51.6 Å². The molecule has 21 heavy (non-hydrogen) atoms. The van der Waals surface area contributed by atoms with Gasteiger partial charge in [0, 0.05) is 12.1 Å². The summed E-state index contributed by atoms with van der Waals surface area (Å²) in [6, 6.07) is 18.9. The molecule has 0 heterocycles. The predicted octanol–water partition coefficient (Wildman–Crippen LogP) is 4.90. The maximum absolute atomic E-state index is 3.77. The lowest BCUT2D eigenvalue weighted by Gasteiger charge is -2.38. The molecule has 0 amide bonds. The van der Waals surface area contributed by atoms with E-state index in [9.17, 15) is 0 Å². The summed E-state index contributed by atoms with van der Waals surface area (Å²) >= 11 is 0. The van der Waals surface area contributed by atoms with Gasteiger partial charge in [0.25, 0.3) is 0 Å². The third kappa shape index (κ3) is 3.36. The molecule has 0 bridgehead atoms. The van der Waals surface area contributed by atoms with E-state index in [1.807, 2.05) is 0 Å². The van der Waals surface area contributed by atoms with E-state index < -0.39 is 0 Å². The Bertz CT molecular complexity index is 611. The van der Waals surface area contributed by atoms with Gasteiger partial charge in [-0.15, -0.1) is 0 Å². The van der Waals surface area contributed by atoms with Crippen molar-refractivity contribution in [1.29, 1.82) is 0 Å². The molecule has 0 unspecified atom stereocenters. The van der Waals surface area contributed by atoms with Gasteiger partial charge >= 0.3 is 0 Å². The second-order valence-electron chi connectivity index (χ2n) is 6.58. The van der Waals surface area contributed by atoms with Gasteiger partial charge in [0.05, 0.1) is 0 Å². The summed E-state index contributed by atoms with van der Waals surface area (Å²) in [7, 11) is 0. The Morgan fingerprint density at radius 1 is 0.952 bits per heavy atom. The number of rotatable bonds is 4. The van der Waals surface area contributed by atoms with Crippen LogP contribution in [0.5, 0.6) is 0 Å². The Kier molecular flexibility index (Phi) is 4.12. The van der Waals surface area contributed by atoms with Crippen LogP contribution in [0, 0.1) is 13.8 Å². The van der Waals surface area contributed by atoms with E-state index in [4.69, 9.17) is 0 Å². The van der Waals surface area contributed by atoms with E-state index in [1.54, 1.807) is 0 Å². The second kappa shape index (κ2) is 6.03. The molecular weight excluding hydrogens is 254 g/mol. The number of benzene rings is 2. The van der Waals surface area contributed by atoms with Crippen LogP contribution < -0.4 is 5.32 Å². The fourth-order valence-electron chi connectivity index (χ4n) is 3.34. The first-order valence-corrected chi connectivity index (χ1v) is 8.01. The molecule has 1 N–H and O–H groups in total. The molecule has 1 heteroatoms. The molecule has 1 fully saturated rings. The Morgan fingerprint density at radius 3 is 2.29 bits per heavy atom. The van der Waals surface area contributed by atoms with Gasteiger partial charge < -0.3 is 5.32 Å². The van der Waals surface area contributed by atoms with Gasteiger partial charge in [-0.05, 0) is 50.7 Å². The van der Waals surface area contributed by atoms with Crippen molar-refractivity contribution >= 4 is 0 Å². The second-order valence-corrected chi connectivity index (χ2v) is 6.58. The summed E-state index contributed by atoms with van der Waals surface area (Å²) in [6.45, 7) is 6.61. The Balaban J connectivity index is 1.55. The third-order valence-corrected chi connectivity index (χ3v) is 4.68. The number of nitrogens with one attached hydrogen (secondary N) is 1. The molecule has 1 aliphatic carbocycles. The lowest BCUT2D eigenvalue weighted by molar-refractivity contribution is 0.271. The van der Waals surface area contributed by atoms with Crippen LogP contribution in [0.4, 0.5) is 0 Å². The molecular formula is C20H25N. The fourth-order valence-corrected chi connectivity index (χ4v) is 3.34. The van der Waals surface area contributed by atoms with Gasteiger partial charge in [0.1, 0.15) is 0 Å². The summed E-state index contributed by atoms with van der Waals surface area (Å²) in [4.78, 5) is 0. The molecule has 110 valence electrons. The van der Waals surface area contributed by atoms with Crippen molar-refractivity contribution in [3.63, 3.8) is 0 Å². The van der Waals surface area contributed by atoms with Crippen LogP contribution in [0.15, 0.2) is 48.5 Å². The standard InChI is InChI=1S/C20H25N/c1-14-6-4-8-17(10-14)16(3)21-20-12-19(13-20)18-9-5-7-15(2)11-18/h4-11,16,19-21H,12-13H2,1-3H3/t16-,19?,20?/m1/s1. The monoisotopic (exact) mass is 279 g/mol. The van der Waals surface area contributed by atoms with Crippen molar-refractivity contribution in [3.8, 4) is 0 Å². The highest BCUT2D eigenvalue weighted by molar-refractivity contribution is 5.28. The zero-order valence-corrected chi connectivity index (χ0v) is 13.3.